The smallest absolute Gasteiger partial charge is 0.220 e. The number of nitrogens with zero attached hydrogens (tertiary/aromatic N) is 1. The Hall–Kier alpha value is -2.83. The lowest BCUT2D eigenvalue weighted by molar-refractivity contribution is -0.121. The van der Waals surface area contributed by atoms with Crippen LogP contribution in [0.5, 0.6) is 5.75 Å². The number of hydrogen-bond donors (Lipinski definition) is 1. The van der Waals surface area contributed by atoms with Crippen molar-refractivity contribution in [1.82, 2.24) is 10.3 Å². The highest BCUT2D eigenvalue weighted by Crippen LogP contribution is 2.35. The highest BCUT2D eigenvalue weighted by atomic mass is 35.5. The van der Waals surface area contributed by atoms with Crippen molar-refractivity contribution in [2.75, 3.05) is 26.4 Å². The van der Waals surface area contributed by atoms with Crippen molar-refractivity contribution in [1.29, 1.82) is 0 Å². The maximum absolute atomic E-state index is 12.6. The maximum Gasteiger partial charge on any atom is 0.220 e. The Kier molecular flexibility index (Phi) is 7.68. The van der Waals surface area contributed by atoms with Gasteiger partial charge in [0, 0.05) is 43.6 Å². The van der Waals surface area contributed by atoms with Crippen molar-refractivity contribution in [2.24, 2.45) is 0 Å². The molecule has 0 atom stereocenters. The van der Waals surface area contributed by atoms with Crippen LogP contribution in [-0.2, 0) is 21.4 Å². The second-order valence-corrected chi connectivity index (χ2v) is 8.63. The number of nitrogens with one attached hydrogen (secondary N) is 1. The van der Waals surface area contributed by atoms with Gasteiger partial charge in [-0.2, -0.15) is 0 Å². The number of benzene rings is 2. The summed E-state index contributed by atoms with van der Waals surface area (Å²) in [5.41, 5.74) is 1.85. The largest absolute Gasteiger partial charge is 0.494 e. The van der Waals surface area contributed by atoms with Crippen LogP contribution in [0.25, 0.3) is 11.3 Å². The molecule has 0 saturated carbocycles. The summed E-state index contributed by atoms with van der Waals surface area (Å²) in [6.07, 6.45) is 4.11. The molecule has 0 bridgehead atoms. The Morgan fingerprint density at radius 1 is 1.15 bits per heavy atom. The standard InChI is InChI=1S/C26H29ClN2O4/c1-2-32-20-9-7-19(8-10-20)26(13-15-31-16-14-26)18-29-24(30)11-12-25-28-17-23(33-25)21-5-3-4-6-22(21)27/h3-10,17H,2,11-16,18H2,1H3,(H,29,30). The molecule has 33 heavy (non-hydrogen) atoms. The Balaban J connectivity index is 1.35. The predicted octanol–water partition coefficient (Wildman–Crippen LogP) is 5.19. The lowest BCUT2D eigenvalue weighted by Crippen LogP contribution is -2.44. The highest BCUT2D eigenvalue weighted by Gasteiger charge is 2.34. The Bertz CT molecular complexity index is 1060. The minimum Gasteiger partial charge on any atom is -0.494 e. The van der Waals surface area contributed by atoms with Gasteiger partial charge in [-0.25, -0.2) is 4.98 Å². The molecule has 2 heterocycles. The monoisotopic (exact) mass is 468 g/mol. The van der Waals surface area contributed by atoms with Gasteiger partial charge >= 0.3 is 0 Å². The third-order valence-corrected chi connectivity index (χ3v) is 6.44. The van der Waals surface area contributed by atoms with Crippen molar-refractivity contribution in [2.45, 2.75) is 38.0 Å². The number of carbonyl (C=O) groups excluding carboxylic acids is 1. The summed E-state index contributed by atoms with van der Waals surface area (Å²) in [5.74, 6) is 1.96. The van der Waals surface area contributed by atoms with Crippen molar-refractivity contribution in [3.8, 4) is 17.1 Å². The molecule has 1 saturated heterocycles. The predicted molar refractivity (Wildman–Crippen MR) is 128 cm³/mol. The molecule has 0 radical (unpaired) electrons. The average Bonchev–Trinajstić information content (AvgIpc) is 3.32. The number of aryl methyl sites for hydroxylation is 1. The molecule has 174 valence electrons. The van der Waals surface area contributed by atoms with Gasteiger partial charge in [0.2, 0.25) is 5.91 Å². The van der Waals surface area contributed by atoms with Crippen LogP contribution in [0.1, 0.15) is 37.6 Å². The zero-order valence-corrected chi connectivity index (χ0v) is 19.6. The second-order valence-electron chi connectivity index (χ2n) is 8.22. The lowest BCUT2D eigenvalue weighted by Gasteiger charge is -2.38. The first-order valence-electron chi connectivity index (χ1n) is 11.4. The summed E-state index contributed by atoms with van der Waals surface area (Å²) in [6.45, 7) is 4.55. The Morgan fingerprint density at radius 3 is 2.64 bits per heavy atom. The van der Waals surface area contributed by atoms with Crippen LogP contribution in [0.2, 0.25) is 5.02 Å². The zero-order valence-electron chi connectivity index (χ0n) is 18.8. The average molecular weight is 469 g/mol. The van der Waals surface area contributed by atoms with Gasteiger partial charge in [0.05, 0.1) is 17.8 Å². The van der Waals surface area contributed by atoms with Crippen molar-refractivity contribution >= 4 is 17.5 Å². The maximum atomic E-state index is 12.6. The van der Waals surface area contributed by atoms with Crippen LogP contribution < -0.4 is 10.1 Å². The van der Waals surface area contributed by atoms with E-state index in [1.54, 1.807) is 6.20 Å². The first-order valence-corrected chi connectivity index (χ1v) is 11.7. The molecule has 1 amide bonds. The van der Waals surface area contributed by atoms with E-state index in [0.29, 0.717) is 55.9 Å². The summed E-state index contributed by atoms with van der Waals surface area (Å²) in [4.78, 5) is 17.0. The normalized spacial score (nSPS) is 15.2. The van der Waals surface area contributed by atoms with E-state index in [2.05, 4.69) is 22.4 Å². The van der Waals surface area contributed by atoms with E-state index in [9.17, 15) is 4.79 Å². The van der Waals surface area contributed by atoms with Crippen LogP contribution in [-0.4, -0.2) is 37.3 Å². The fourth-order valence-corrected chi connectivity index (χ4v) is 4.42. The summed E-state index contributed by atoms with van der Waals surface area (Å²) >= 11 is 6.23. The molecule has 7 heteroatoms. The van der Waals surface area contributed by atoms with Crippen LogP contribution in [0.3, 0.4) is 0 Å². The molecule has 0 spiro atoms. The lowest BCUT2D eigenvalue weighted by atomic mass is 9.74. The Labute approximate surface area is 199 Å². The molecule has 1 N–H and O–H groups in total. The molecular weight excluding hydrogens is 440 g/mol. The van der Waals surface area contributed by atoms with E-state index in [4.69, 9.17) is 25.5 Å². The second kappa shape index (κ2) is 10.9. The van der Waals surface area contributed by atoms with Crippen molar-refractivity contribution < 1.29 is 18.7 Å². The van der Waals surface area contributed by atoms with Gasteiger partial charge in [-0.05, 0) is 49.6 Å². The minimum atomic E-state index is -0.140. The van der Waals surface area contributed by atoms with Gasteiger partial charge in [-0.3, -0.25) is 4.79 Å². The molecule has 0 aliphatic carbocycles. The van der Waals surface area contributed by atoms with E-state index in [1.165, 1.54) is 5.56 Å². The van der Waals surface area contributed by atoms with E-state index in [1.807, 2.05) is 43.3 Å². The van der Waals surface area contributed by atoms with Gasteiger partial charge in [-0.1, -0.05) is 35.9 Å². The molecule has 2 aromatic carbocycles. The van der Waals surface area contributed by atoms with Crippen molar-refractivity contribution in [3.05, 3.63) is 71.2 Å². The number of ether oxygens (including phenoxy) is 2. The van der Waals surface area contributed by atoms with Gasteiger partial charge in [0.1, 0.15) is 5.75 Å². The molecular formula is C26H29ClN2O4. The summed E-state index contributed by atoms with van der Waals surface area (Å²) in [5, 5.41) is 3.74. The van der Waals surface area contributed by atoms with Gasteiger partial charge < -0.3 is 19.2 Å². The summed E-state index contributed by atoms with van der Waals surface area (Å²) < 4.78 is 17.0. The van der Waals surface area contributed by atoms with E-state index >= 15 is 0 Å². The number of rotatable bonds is 9. The van der Waals surface area contributed by atoms with Gasteiger partial charge in [0.25, 0.3) is 0 Å². The SMILES string of the molecule is CCOc1ccc(C2(CNC(=O)CCc3ncc(-c4ccccc4Cl)o3)CCOCC2)cc1. The fraction of sp³-hybridized carbons (Fsp3) is 0.385. The molecule has 1 fully saturated rings. The van der Waals surface area contributed by atoms with Crippen LogP contribution in [0.4, 0.5) is 0 Å². The molecule has 4 rings (SSSR count). The minimum absolute atomic E-state index is 0.0238. The highest BCUT2D eigenvalue weighted by molar-refractivity contribution is 6.33. The van der Waals surface area contributed by atoms with Gasteiger partial charge in [0.15, 0.2) is 11.7 Å². The third-order valence-electron chi connectivity index (χ3n) is 6.11. The van der Waals surface area contributed by atoms with Crippen LogP contribution in [0, 0.1) is 0 Å². The van der Waals surface area contributed by atoms with Gasteiger partial charge in [-0.15, -0.1) is 0 Å². The fourth-order valence-electron chi connectivity index (χ4n) is 4.19. The number of aromatic nitrogens is 1. The number of amides is 1. The van der Waals surface area contributed by atoms with E-state index in [0.717, 1.165) is 24.2 Å². The molecule has 1 aliphatic heterocycles. The number of halogens is 1. The third kappa shape index (κ3) is 5.75. The quantitative estimate of drug-likeness (QED) is 0.467. The summed E-state index contributed by atoms with van der Waals surface area (Å²) in [7, 11) is 0. The topological polar surface area (TPSA) is 73.6 Å². The Morgan fingerprint density at radius 2 is 1.91 bits per heavy atom. The van der Waals surface area contributed by atoms with Crippen molar-refractivity contribution in [3.63, 3.8) is 0 Å². The first kappa shape index (κ1) is 23.3. The zero-order chi connectivity index (χ0) is 23.1. The molecule has 1 aromatic heterocycles. The number of carbonyl (C=O) groups is 1. The number of oxazole rings is 1. The van der Waals surface area contributed by atoms with Crippen LogP contribution in [0.15, 0.2) is 59.1 Å². The number of hydrogen-bond acceptors (Lipinski definition) is 5. The molecule has 0 unspecified atom stereocenters. The van der Waals surface area contributed by atoms with E-state index < -0.39 is 0 Å². The molecule has 1 aliphatic rings. The summed E-state index contributed by atoms with van der Waals surface area (Å²) in [6, 6.07) is 15.7. The first-order chi connectivity index (χ1) is 16.1. The molecule has 6 nitrogen and oxygen atoms in total. The molecule has 3 aromatic rings. The van der Waals surface area contributed by atoms with Crippen LogP contribution >= 0.6 is 11.6 Å². The van der Waals surface area contributed by atoms with E-state index in [-0.39, 0.29) is 11.3 Å².